The van der Waals surface area contributed by atoms with Crippen molar-refractivity contribution in [2.45, 2.75) is 13.8 Å². The summed E-state index contributed by atoms with van der Waals surface area (Å²) >= 11 is 0. The van der Waals surface area contributed by atoms with Crippen LogP contribution in [0.2, 0.25) is 0 Å². The van der Waals surface area contributed by atoms with E-state index >= 15 is 0 Å². The Bertz CT molecular complexity index is 746. The molecule has 0 atom stereocenters. The molecule has 6 heteroatoms. The third kappa shape index (κ3) is 4.35. The Labute approximate surface area is 148 Å². The molecule has 1 fully saturated rings. The van der Waals surface area contributed by atoms with Crippen LogP contribution in [-0.2, 0) is 9.53 Å². The fourth-order valence-corrected chi connectivity index (χ4v) is 3.06. The number of hydrogen-bond acceptors (Lipinski definition) is 4. The molecule has 25 heavy (non-hydrogen) atoms. The summed E-state index contributed by atoms with van der Waals surface area (Å²) in [4.78, 5) is 14.0. The molecule has 0 spiro atoms. The molecule has 0 unspecified atom stereocenters. The lowest BCUT2D eigenvalue weighted by molar-refractivity contribution is -0.123. The summed E-state index contributed by atoms with van der Waals surface area (Å²) < 4.78 is 7.46. The lowest BCUT2D eigenvalue weighted by Gasteiger charge is -2.25. The molecule has 2 aromatic rings. The van der Waals surface area contributed by atoms with Crippen molar-refractivity contribution in [2.75, 3.05) is 32.8 Å². The minimum atomic E-state index is -0.102. The summed E-state index contributed by atoms with van der Waals surface area (Å²) in [6.07, 6.45) is 1.71. The van der Waals surface area contributed by atoms with E-state index in [-0.39, 0.29) is 5.91 Å². The predicted octanol–water partition coefficient (Wildman–Crippen LogP) is 1.88. The van der Waals surface area contributed by atoms with E-state index in [1.807, 2.05) is 18.2 Å². The van der Waals surface area contributed by atoms with Crippen LogP contribution >= 0.6 is 0 Å². The van der Waals surface area contributed by atoms with Gasteiger partial charge in [-0.25, -0.2) is 5.43 Å². The summed E-state index contributed by atoms with van der Waals surface area (Å²) in [7, 11) is 0. The number of para-hydroxylation sites is 1. The lowest BCUT2D eigenvalue weighted by Crippen LogP contribution is -2.42. The minimum Gasteiger partial charge on any atom is -0.379 e. The van der Waals surface area contributed by atoms with Crippen LogP contribution in [0.1, 0.15) is 17.0 Å². The molecule has 2 heterocycles. The average molecular weight is 340 g/mol. The van der Waals surface area contributed by atoms with Crippen LogP contribution in [0.5, 0.6) is 0 Å². The van der Waals surface area contributed by atoms with Crippen LogP contribution < -0.4 is 5.43 Å². The first-order valence-electron chi connectivity index (χ1n) is 8.51. The zero-order valence-corrected chi connectivity index (χ0v) is 14.7. The van der Waals surface area contributed by atoms with E-state index in [9.17, 15) is 4.79 Å². The molecule has 0 bridgehead atoms. The van der Waals surface area contributed by atoms with Gasteiger partial charge in [0, 0.05) is 35.7 Å². The third-order valence-corrected chi connectivity index (χ3v) is 4.35. The maximum Gasteiger partial charge on any atom is 0.254 e. The summed E-state index contributed by atoms with van der Waals surface area (Å²) in [5.41, 5.74) is 6.95. The van der Waals surface area contributed by atoms with Crippen molar-refractivity contribution in [3.63, 3.8) is 0 Å². The van der Waals surface area contributed by atoms with Crippen molar-refractivity contribution in [3.05, 3.63) is 53.3 Å². The summed E-state index contributed by atoms with van der Waals surface area (Å²) in [6, 6.07) is 12.3. The second-order valence-electron chi connectivity index (χ2n) is 6.18. The zero-order valence-electron chi connectivity index (χ0n) is 14.7. The van der Waals surface area contributed by atoms with Gasteiger partial charge in [-0.15, -0.1) is 0 Å². The molecule has 6 nitrogen and oxygen atoms in total. The highest BCUT2D eigenvalue weighted by Crippen LogP contribution is 2.19. The number of ether oxygens (including phenoxy) is 1. The topological polar surface area (TPSA) is 58.9 Å². The van der Waals surface area contributed by atoms with Crippen LogP contribution in [0.15, 0.2) is 41.5 Å². The first-order chi connectivity index (χ1) is 12.1. The normalized spacial score (nSPS) is 15.6. The first kappa shape index (κ1) is 17.4. The zero-order chi connectivity index (χ0) is 17.6. The lowest BCUT2D eigenvalue weighted by atomic mass is 10.2. The highest BCUT2D eigenvalue weighted by Gasteiger charge is 2.13. The SMILES string of the molecule is Cc1cc(/C=N\NC(=O)CN2CCOCC2)c(C)n1-c1ccccc1. The highest BCUT2D eigenvalue weighted by atomic mass is 16.5. The number of carbonyl (C=O) groups is 1. The van der Waals surface area contributed by atoms with Crippen molar-refractivity contribution in [3.8, 4) is 5.69 Å². The number of nitrogens with zero attached hydrogens (tertiary/aromatic N) is 3. The molecule has 1 aromatic heterocycles. The third-order valence-electron chi connectivity index (χ3n) is 4.35. The number of aryl methyl sites for hydroxylation is 1. The molecule has 1 aliphatic rings. The molecule has 1 aromatic carbocycles. The fraction of sp³-hybridized carbons (Fsp3) is 0.368. The van der Waals surface area contributed by atoms with E-state index in [4.69, 9.17) is 4.74 Å². The Morgan fingerprint density at radius 3 is 2.68 bits per heavy atom. The molecule has 132 valence electrons. The number of benzene rings is 1. The number of nitrogens with one attached hydrogen (secondary N) is 1. The smallest absolute Gasteiger partial charge is 0.254 e. The number of hydrogen-bond donors (Lipinski definition) is 1. The summed E-state index contributed by atoms with van der Waals surface area (Å²) in [6.45, 7) is 7.41. The van der Waals surface area contributed by atoms with Gasteiger partial charge in [0.15, 0.2) is 0 Å². The molecular formula is C19H24N4O2. The monoisotopic (exact) mass is 340 g/mol. The van der Waals surface area contributed by atoms with E-state index in [0.717, 1.165) is 35.7 Å². The van der Waals surface area contributed by atoms with Gasteiger partial charge in [-0.05, 0) is 32.0 Å². The molecule has 1 amide bonds. The molecule has 1 aliphatic heterocycles. The van der Waals surface area contributed by atoms with E-state index < -0.39 is 0 Å². The van der Waals surface area contributed by atoms with Gasteiger partial charge in [0.2, 0.25) is 0 Å². The van der Waals surface area contributed by atoms with Gasteiger partial charge in [0.05, 0.1) is 26.0 Å². The molecular weight excluding hydrogens is 316 g/mol. The first-order valence-corrected chi connectivity index (χ1v) is 8.51. The number of rotatable bonds is 5. The van der Waals surface area contributed by atoms with Crippen molar-refractivity contribution >= 4 is 12.1 Å². The van der Waals surface area contributed by atoms with Crippen molar-refractivity contribution < 1.29 is 9.53 Å². The number of morpholine rings is 1. The van der Waals surface area contributed by atoms with E-state index in [1.165, 1.54) is 0 Å². The van der Waals surface area contributed by atoms with Crippen LogP contribution in [0.3, 0.4) is 0 Å². The van der Waals surface area contributed by atoms with Gasteiger partial charge in [0.1, 0.15) is 0 Å². The second-order valence-corrected chi connectivity index (χ2v) is 6.18. The van der Waals surface area contributed by atoms with Crippen LogP contribution in [0.4, 0.5) is 0 Å². The highest BCUT2D eigenvalue weighted by molar-refractivity contribution is 5.84. The summed E-state index contributed by atoms with van der Waals surface area (Å²) in [5, 5.41) is 4.12. The number of carbonyl (C=O) groups excluding carboxylic acids is 1. The molecule has 1 saturated heterocycles. The van der Waals surface area contributed by atoms with Gasteiger partial charge in [-0.1, -0.05) is 18.2 Å². The molecule has 0 saturated carbocycles. The largest absolute Gasteiger partial charge is 0.379 e. The van der Waals surface area contributed by atoms with E-state index in [2.05, 4.69) is 52.0 Å². The van der Waals surface area contributed by atoms with Crippen LogP contribution in [0, 0.1) is 13.8 Å². The van der Waals surface area contributed by atoms with Gasteiger partial charge < -0.3 is 9.30 Å². The maximum atomic E-state index is 12.0. The van der Waals surface area contributed by atoms with Crippen molar-refractivity contribution in [2.24, 2.45) is 5.10 Å². The molecule has 0 aliphatic carbocycles. The van der Waals surface area contributed by atoms with E-state index in [0.29, 0.717) is 19.8 Å². The average Bonchev–Trinajstić information content (AvgIpc) is 2.90. The van der Waals surface area contributed by atoms with Crippen LogP contribution in [0.25, 0.3) is 5.69 Å². The van der Waals surface area contributed by atoms with E-state index in [1.54, 1.807) is 6.21 Å². The second kappa shape index (κ2) is 8.09. The Hall–Kier alpha value is -2.44. The van der Waals surface area contributed by atoms with Gasteiger partial charge in [-0.3, -0.25) is 9.69 Å². The number of amides is 1. The molecule has 0 radical (unpaired) electrons. The van der Waals surface area contributed by atoms with Gasteiger partial charge in [-0.2, -0.15) is 5.10 Å². The number of hydrazone groups is 1. The van der Waals surface area contributed by atoms with Gasteiger partial charge in [0.25, 0.3) is 5.91 Å². The Balaban J connectivity index is 1.63. The fourth-order valence-electron chi connectivity index (χ4n) is 3.06. The molecule has 3 rings (SSSR count). The minimum absolute atomic E-state index is 0.102. The predicted molar refractivity (Wildman–Crippen MR) is 98.2 cm³/mol. The van der Waals surface area contributed by atoms with Crippen LogP contribution in [-0.4, -0.2) is 54.4 Å². The van der Waals surface area contributed by atoms with Gasteiger partial charge >= 0.3 is 0 Å². The van der Waals surface area contributed by atoms with Crippen molar-refractivity contribution in [1.29, 1.82) is 0 Å². The number of aromatic nitrogens is 1. The quantitative estimate of drug-likeness (QED) is 0.668. The standard InChI is InChI=1S/C19H24N4O2/c1-15-12-17(16(2)23(15)18-6-4-3-5-7-18)13-20-21-19(24)14-22-8-10-25-11-9-22/h3-7,12-13H,8-11,14H2,1-2H3,(H,21,24)/b20-13-. The molecule has 1 N–H and O–H groups in total. The Kier molecular flexibility index (Phi) is 5.63. The Morgan fingerprint density at radius 2 is 1.96 bits per heavy atom. The summed E-state index contributed by atoms with van der Waals surface area (Å²) in [5.74, 6) is -0.102. The van der Waals surface area contributed by atoms with Crippen molar-refractivity contribution in [1.82, 2.24) is 14.9 Å². The maximum absolute atomic E-state index is 12.0. The Morgan fingerprint density at radius 1 is 1.24 bits per heavy atom.